The highest BCUT2D eigenvalue weighted by Gasteiger charge is 2.54. The second-order valence-corrected chi connectivity index (χ2v) is 6.14. The molecule has 0 aromatic rings. The van der Waals surface area contributed by atoms with E-state index in [1.165, 1.54) is 24.7 Å². The van der Waals surface area contributed by atoms with Gasteiger partial charge in [-0.1, -0.05) is 34.1 Å². The second kappa shape index (κ2) is 4.11. The van der Waals surface area contributed by atoms with Gasteiger partial charge in [-0.25, -0.2) is 0 Å². The first-order valence-electron chi connectivity index (χ1n) is 6.83. The van der Waals surface area contributed by atoms with Crippen LogP contribution in [-0.4, -0.2) is 0 Å². The smallest absolute Gasteiger partial charge is 0.0349 e. The zero-order valence-electron chi connectivity index (χ0n) is 9.71. The first-order valence-corrected chi connectivity index (χ1v) is 6.83. The zero-order chi connectivity index (χ0) is 9.71. The summed E-state index contributed by atoms with van der Waals surface area (Å²) in [6.45, 7) is 4.80. The summed E-state index contributed by atoms with van der Waals surface area (Å²) >= 11 is 0. The summed E-state index contributed by atoms with van der Waals surface area (Å²) in [5.74, 6) is 6.89. The summed E-state index contributed by atoms with van der Waals surface area (Å²) in [7, 11) is 0. The Balaban J connectivity index is 0.000000853. The summed E-state index contributed by atoms with van der Waals surface area (Å²) in [6.07, 6.45) is 9.31. The van der Waals surface area contributed by atoms with Gasteiger partial charge in [-0.15, -0.1) is 0 Å². The van der Waals surface area contributed by atoms with E-state index in [-0.39, 0.29) is 7.43 Å². The van der Waals surface area contributed by atoms with Gasteiger partial charge in [0.1, 0.15) is 0 Å². The summed E-state index contributed by atoms with van der Waals surface area (Å²) in [4.78, 5) is 0. The van der Waals surface area contributed by atoms with Crippen LogP contribution in [0.15, 0.2) is 0 Å². The molecule has 0 aromatic heterocycles. The van der Waals surface area contributed by atoms with E-state index in [2.05, 4.69) is 13.8 Å². The van der Waals surface area contributed by atoms with Crippen molar-refractivity contribution in [3.8, 4) is 0 Å². The lowest BCUT2D eigenvalue weighted by molar-refractivity contribution is 0.185. The zero-order valence-corrected chi connectivity index (χ0v) is 9.71. The van der Waals surface area contributed by atoms with E-state index in [4.69, 9.17) is 0 Å². The molecular formula is C15H28. The number of hydrogen-bond donors (Lipinski definition) is 0. The molecule has 0 spiro atoms. The standard InChI is InChI=1S/C14H24.CH4/c1-3-9-5-12-11-7-10(4-2)13(8-11)14(12)6-9;/h9-14H,3-8H2,1-2H3;1H4. The molecule has 3 aliphatic carbocycles. The fourth-order valence-corrected chi connectivity index (χ4v) is 5.13. The van der Waals surface area contributed by atoms with Crippen molar-refractivity contribution in [2.75, 3.05) is 0 Å². The third-order valence-corrected chi connectivity index (χ3v) is 5.80. The Bertz CT molecular complexity index is 218. The molecule has 0 N–H and O–H groups in total. The molecule has 0 heterocycles. The lowest BCUT2D eigenvalue weighted by Gasteiger charge is -2.30. The van der Waals surface area contributed by atoms with E-state index in [0.717, 1.165) is 23.7 Å². The van der Waals surface area contributed by atoms with Crippen LogP contribution in [0, 0.1) is 35.5 Å². The molecule has 3 rings (SSSR count). The highest BCUT2D eigenvalue weighted by atomic mass is 14.6. The fourth-order valence-electron chi connectivity index (χ4n) is 5.13. The van der Waals surface area contributed by atoms with Crippen molar-refractivity contribution in [3.63, 3.8) is 0 Å². The molecule has 0 aromatic carbocycles. The Kier molecular flexibility index (Phi) is 3.14. The van der Waals surface area contributed by atoms with Crippen LogP contribution in [0.1, 0.15) is 59.8 Å². The number of fused-ring (bicyclic) bond motifs is 5. The van der Waals surface area contributed by atoms with Crippen LogP contribution in [0.5, 0.6) is 0 Å². The highest BCUT2D eigenvalue weighted by molar-refractivity contribution is 5.04. The van der Waals surface area contributed by atoms with Gasteiger partial charge in [0.25, 0.3) is 0 Å². The maximum Gasteiger partial charge on any atom is -0.0349 e. The van der Waals surface area contributed by atoms with Gasteiger partial charge < -0.3 is 0 Å². The molecule has 0 radical (unpaired) electrons. The highest BCUT2D eigenvalue weighted by Crippen LogP contribution is 2.63. The first-order chi connectivity index (χ1) is 6.83. The van der Waals surface area contributed by atoms with E-state index in [1.807, 2.05) is 0 Å². The monoisotopic (exact) mass is 208 g/mol. The molecule has 6 unspecified atom stereocenters. The van der Waals surface area contributed by atoms with Crippen LogP contribution in [0.2, 0.25) is 0 Å². The Morgan fingerprint density at radius 3 is 2.20 bits per heavy atom. The fraction of sp³-hybridized carbons (Fsp3) is 1.00. The van der Waals surface area contributed by atoms with Crippen LogP contribution in [0.3, 0.4) is 0 Å². The normalized spacial score (nSPS) is 51.6. The number of rotatable bonds is 2. The Morgan fingerprint density at radius 1 is 0.800 bits per heavy atom. The van der Waals surface area contributed by atoms with E-state index in [1.54, 1.807) is 25.7 Å². The van der Waals surface area contributed by atoms with Gasteiger partial charge in [-0.3, -0.25) is 0 Å². The van der Waals surface area contributed by atoms with Crippen molar-refractivity contribution in [2.45, 2.75) is 59.8 Å². The van der Waals surface area contributed by atoms with E-state index < -0.39 is 0 Å². The van der Waals surface area contributed by atoms with Crippen molar-refractivity contribution >= 4 is 0 Å². The summed E-state index contributed by atoms with van der Waals surface area (Å²) < 4.78 is 0. The number of hydrogen-bond acceptors (Lipinski definition) is 0. The van der Waals surface area contributed by atoms with E-state index >= 15 is 0 Å². The Labute approximate surface area is 95.8 Å². The SMILES string of the molecule is C.CCC1CC2C3CC(CC)C(C3)C2C1. The summed E-state index contributed by atoms with van der Waals surface area (Å²) in [5.41, 5.74) is 0. The molecular weight excluding hydrogens is 180 g/mol. The molecule has 2 bridgehead atoms. The summed E-state index contributed by atoms with van der Waals surface area (Å²) in [6, 6.07) is 0. The third kappa shape index (κ3) is 1.56. The molecule has 3 saturated carbocycles. The van der Waals surface area contributed by atoms with E-state index in [0.29, 0.717) is 0 Å². The van der Waals surface area contributed by atoms with Crippen LogP contribution >= 0.6 is 0 Å². The van der Waals surface area contributed by atoms with Gasteiger partial charge in [-0.05, 0) is 61.2 Å². The molecule has 15 heavy (non-hydrogen) atoms. The van der Waals surface area contributed by atoms with Gasteiger partial charge in [0.05, 0.1) is 0 Å². The quantitative estimate of drug-likeness (QED) is 0.615. The molecule has 6 atom stereocenters. The van der Waals surface area contributed by atoms with Crippen molar-refractivity contribution in [1.82, 2.24) is 0 Å². The average Bonchev–Trinajstić information content (AvgIpc) is 2.87. The topological polar surface area (TPSA) is 0 Å². The molecule has 3 fully saturated rings. The first kappa shape index (κ1) is 11.5. The largest absolute Gasteiger partial charge is 0.0776 e. The van der Waals surface area contributed by atoms with Crippen LogP contribution < -0.4 is 0 Å². The Morgan fingerprint density at radius 2 is 1.53 bits per heavy atom. The molecule has 0 aliphatic heterocycles. The van der Waals surface area contributed by atoms with Gasteiger partial charge in [-0.2, -0.15) is 0 Å². The molecule has 0 amide bonds. The molecule has 3 aliphatic rings. The van der Waals surface area contributed by atoms with Crippen molar-refractivity contribution in [2.24, 2.45) is 35.5 Å². The Hall–Kier alpha value is 0. The lowest BCUT2D eigenvalue weighted by atomic mass is 9.75. The van der Waals surface area contributed by atoms with Crippen molar-refractivity contribution in [1.29, 1.82) is 0 Å². The predicted octanol–water partition coefficient (Wildman–Crippen LogP) is 4.74. The molecule has 0 nitrogen and oxygen atoms in total. The van der Waals surface area contributed by atoms with E-state index in [9.17, 15) is 0 Å². The van der Waals surface area contributed by atoms with Crippen LogP contribution in [0.25, 0.3) is 0 Å². The molecule has 88 valence electrons. The minimum Gasteiger partial charge on any atom is -0.0776 e. The molecule has 0 heteroatoms. The van der Waals surface area contributed by atoms with Crippen molar-refractivity contribution in [3.05, 3.63) is 0 Å². The molecule has 0 saturated heterocycles. The average molecular weight is 208 g/mol. The summed E-state index contributed by atoms with van der Waals surface area (Å²) in [5, 5.41) is 0. The predicted molar refractivity (Wildman–Crippen MR) is 66.7 cm³/mol. The van der Waals surface area contributed by atoms with Gasteiger partial charge in [0.2, 0.25) is 0 Å². The van der Waals surface area contributed by atoms with Gasteiger partial charge in [0.15, 0.2) is 0 Å². The van der Waals surface area contributed by atoms with Gasteiger partial charge >= 0.3 is 0 Å². The third-order valence-electron chi connectivity index (χ3n) is 5.80. The lowest BCUT2D eigenvalue weighted by Crippen LogP contribution is -2.23. The second-order valence-electron chi connectivity index (χ2n) is 6.14. The minimum atomic E-state index is 0. The van der Waals surface area contributed by atoms with Crippen LogP contribution in [0.4, 0.5) is 0 Å². The maximum absolute atomic E-state index is 2.41. The van der Waals surface area contributed by atoms with Crippen LogP contribution in [-0.2, 0) is 0 Å². The minimum absolute atomic E-state index is 0. The van der Waals surface area contributed by atoms with Crippen molar-refractivity contribution < 1.29 is 0 Å². The maximum atomic E-state index is 2.41. The van der Waals surface area contributed by atoms with Gasteiger partial charge in [0, 0.05) is 0 Å².